The van der Waals surface area contributed by atoms with Crippen LogP contribution in [0.25, 0.3) is 0 Å². The van der Waals surface area contributed by atoms with E-state index in [0.29, 0.717) is 16.6 Å². The number of aryl methyl sites for hydroxylation is 1. The summed E-state index contributed by atoms with van der Waals surface area (Å²) < 4.78 is 1.67. The molecule has 1 aliphatic heterocycles. The van der Waals surface area contributed by atoms with Crippen LogP contribution in [0, 0.1) is 0 Å². The molecule has 2 heterocycles. The lowest BCUT2D eigenvalue weighted by Gasteiger charge is -2.19. The lowest BCUT2D eigenvalue weighted by atomic mass is 9.97. The minimum absolute atomic E-state index is 0.00460. The topological polar surface area (TPSA) is 107 Å². The van der Waals surface area contributed by atoms with Crippen molar-refractivity contribution >= 4 is 29.3 Å². The molecular formula is C19H20N4O3S. The average Bonchev–Trinajstić information content (AvgIpc) is 3.05. The Kier molecular flexibility index (Phi) is 4.73. The molecule has 0 bridgehead atoms. The second-order valence-corrected chi connectivity index (χ2v) is 7.82. The fraction of sp³-hybridized carbons (Fsp3) is 0.368. The third kappa shape index (κ3) is 3.37. The highest BCUT2D eigenvalue weighted by Crippen LogP contribution is 2.34. The first kappa shape index (κ1) is 17.8. The number of rotatable bonds is 4. The standard InChI is InChI=1S/C19H20N4O3S/c20-17(25)12-5-1-3-7-14(12)21-16(24)9-11-10-27-19-22-15-8-4-2-6-13(15)18(26)23(11)19/h1,3,5,7,11H,2,4,6,8-10H2,(H2,20,25)(H,21,24). The number of nitrogens with one attached hydrogen (secondary N) is 1. The van der Waals surface area contributed by atoms with E-state index >= 15 is 0 Å². The van der Waals surface area contributed by atoms with E-state index in [1.54, 1.807) is 28.8 Å². The summed E-state index contributed by atoms with van der Waals surface area (Å²) in [7, 11) is 0. The second-order valence-electron chi connectivity index (χ2n) is 6.83. The lowest BCUT2D eigenvalue weighted by Crippen LogP contribution is -2.32. The molecule has 1 aliphatic carbocycles. The minimum atomic E-state index is -0.597. The number of nitrogens with two attached hydrogens (primary N) is 1. The lowest BCUT2D eigenvalue weighted by molar-refractivity contribution is -0.116. The van der Waals surface area contributed by atoms with Crippen molar-refractivity contribution in [1.29, 1.82) is 0 Å². The molecule has 0 saturated carbocycles. The number of amides is 2. The predicted molar refractivity (Wildman–Crippen MR) is 103 cm³/mol. The van der Waals surface area contributed by atoms with Crippen molar-refractivity contribution in [2.24, 2.45) is 5.73 Å². The molecule has 0 spiro atoms. The molecule has 2 amide bonds. The van der Waals surface area contributed by atoms with E-state index in [1.165, 1.54) is 11.8 Å². The zero-order valence-electron chi connectivity index (χ0n) is 14.7. The highest BCUT2D eigenvalue weighted by atomic mass is 32.2. The molecule has 3 N–H and O–H groups in total. The Morgan fingerprint density at radius 3 is 2.85 bits per heavy atom. The van der Waals surface area contributed by atoms with Gasteiger partial charge < -0.3 is 11.1 Å². The average molecular weight is 384 g/mol. The van der Waals surface area contributed by atoms with Gasteiger partial charge in [-0.1, -0.05) is 23.9 Å². The Morgan fingerprint density at radius 2 is 2.04 bits per heavy atom. The number of hydrogen-bond acceptors (Lipinski definition) is 5. The SMILES string of the molecule is NC(=O)c1ccccc1NC(=O)CC1CSc2nc3c(c(=O)n21)CCCC3. The molecule has 8 heteroatoms. The van der Waals surface area contributed by atoms with E-state index < -0.39 is 5.91 Å². The van der Waals surface area contributed by atoms with Crippen molar-refractivity contribution in [2.75, 3.05) is 11.1 Å². The molecular weight excluding hydrogens is 364 g/mol. The monoisotopic (exact) mass is 384 g/mol. The maximum Gasteiger partial charge on any atom is 0.257 e. The van der Waals surface area contributed by atoms with Crippen LogP contribution < -0.4 is 16.6 Å². The van der Waals surface area contributed by atoms with Gasteiger partial charge in [-0.3, -0.25) is 19.0 Å². The van der Waals surface area contributed by atoms with Crippen LogP contribution in [0.1, 0.15) is 46.9 Å². The van der Waals surface area contributed by atoms with Crippen LogP contribution in [0.4, 0.5) is 5.69 Å². The molecule has 1 atom stereocenters. The summed E-state index contributed by atoms with van der Waals surface area (Å²) in [5.41, 5.74) is 7.72. The minimum Gasteiger partial charge on any atom is -0.366 e. The number of primary amides is 1. The van der Waals surface area contributed by atoms with Gasteiger partial charge in [-0.2, -0.15) is 0 Å². The third-order valence-electron chi connectivity index (χ3n) is 5.01. The fourth-order valence-corrected chi connectivity index (χ4v) is 4.84. The number of carbonyl (C=O) groups is 2. The van der Waals surface area contributed by atoms with Gasteiger partial charge in [-0.05, 0) is 37.8 Å². The van der Waals surface area contributed by atoms with E-state index in [9.17, 15) is 14.4 Å². The van der Waals surface area contributed by atoms with E-state index in [0.717, 1.165) is 36.9 Å². The van der Waals surface area contributed by atoms with Gasteiger partial charge in [-0.15, -0.1) is 0 Å². The van der Waals surface area contributed by atoms with Crippen molar-refractivity contribution in [1.82, 2.24) is 9.55 Å². The van der Waals surface area contributed by atoms with Crippen molar-refractivity contribution in [2.45, 2.75) is 43.3 Å². The van der Waals surface area contributed by atoms with Gasteiger partial charge in [0.1, 0.15) is 0 Å². The van der Waals surface area contributed by atoms with Crippen LogP contribution in [0.2, 0.25) is 0 Å². The van der Waals surface area contributed by atoms with Crippen molar-refractivity contribution < 1.29 is 9.59 Å². The smallest absolute Gasteiger partial charge is 0.257 e. The molecule has 0 fully saturated rings. The van der Waals surface area contributed by atoms with Crippen molar-refractivity contribution in [3.63, 3.8) is 0 Å². The van der Waals surface area contributed by atoms with E-state index in [2.05, 4.69) is 10.3 Å². The predicted octanol–water partition coefficient (Wildman–Crippen LogP) is 1.90. The Bertz CT molecular complexity index is 985. The normalized spacial score (nSPS) is 17.9. The maximum atomic E-state index is 12.9. The molecule has 0 saturated heterocycles. The van der Waals surface area contributed by atoms with Crippen LogP contribution >= 0.6 is 11.8 Å². The number of nitrogens with zero attached hydrogens (tertiary/aromatic N) is 2. The number of benzene rings is 1. The molecule has 7 nitrogen and oxygen atoms in total. The molecule has 140 valence electrons. The third-order valence-corrected chi connectivity index (χ3v) is 6.11. The number of anilines is 1. The van der Waals surface area contributed by atoms with Gasteiger partial charge in [0.25, 0.3) is 11.5 Å². The molecule has 2 aromatic rings. The van der Waals surface area contributed by atoms with Crippen LogP contribution in [0.3, 0.4) is 0 Å². The number of fused-ring (bicyclic) bond motifs is 2. The van der Waals surface area contributed by atoms with Crippen LogP contribution in [0.5, 0.6) is 0 Å². The first-order valence-electron chi connectivity index (χ1n) is 9.00. The van der Waals surface area contributed by atoms with Gasteiger partial charge >= 0.3 is 0 Å². The van der Waals surface area contributed by atoms with Crippen LogP contribution in [0.15, 0.2) is 34.2 Å². The summed E-state index contributed by atoms with van der Waals surface area (Å²) in [5.74, 6) is -0.220. The fourth-order valence-electron chi connectivity index (χ4n) is 3.69. The molecule has 1 unspecified atom stereocenters. The summed E-state index contributed by atoms with van der Waals surface area (Å²) in [6.45, 7) is 0. The van der Waals surface area contributed by atoms with E-state index in [4.69, 9.17) is 5.73 Å². The molecule has 2 aliphatic rings. The zero-order valence-corrected chi connectivity index (χ0v) is 15.6. The highest BCUT2D eigenvalue weighted by Gasteiger charge is 2.30. The largest absolute Gasteiger partial charge is 0.366 e. The summed E-state index contributed by atoms with van der Waals surface area (Å²) >= 11 is 1.52. The van der Waals surface area contributed by atoms with Gasteiger partial charge in [-0.25, -0.2) is 4.98 Å². The van der Waals surface area contributed by atoms with Gasteiger partial charge in [0.15, 0.2) is 5.16 Å². The number of hydrogen-bond donors (Lipinski definition) is 2. The maximum absolute atomic E-state index is 12.9. The zero-order chi connectivity index (χ0) is 19.0. The molecule has 0 radical (unpaired) electrons. The second kappa shape index (κ2) is 7.19. The Balaban J connectivity index is 1.55. The van der Waals surface area contributed by atoms with Gasteiger partial charge in [0, 0.05) is 17.7 Å². The van der Waals surface area contributed by atoms with E-state index in [-0.39, 0.29) is 29.5 Å². The van der Waals surface area contributed by atoms with Gasteiger partial charge in [0.2, 0.25) is 5.91 Å². The Morgan fingerprint density at radius 1 is 1.26 bits per heavy atom. The van der Waals surface area contributed by atoms with Crippen molar-refractivity contribution in [3.8, 4) is 0 Å². The Hall–Kier alpha value is -2.61. The molecule has 1 aromatic carbocycles. The number of carbonyl (C=O) groups excluding carboxylic acids is 2. The van der Waals surface area contributed by atoms with Crippen LogP contribution in [-0.2, 0) is 17.6 Å². The summed E-state index contributed by atoms with van der Waals surface area (Å²) in [6.07, 6.45) is 3.84. The number of para-hydroxylation sites is 1. The van der Waals surface area contributed by atoms with Crippen LogP contribution in [-0.4, -0.2) is 27.1 Å². The summed E-state index contributed by atoms with van der Waals surface area (Å²) in [4.78, 5) is 41.6. The quantitative estimate of drug-likeness (QED) is 0.783. The van der Waals surface area contributed by atoms with Crippen molar-refractivity contribution in [3.05, 3.63) is 51.4 Å². The summed E-state index contributed by atoms with van der Waals surface area (Å²) in [5, 5.41) is 3.45. The molecule has 27 heavy (non-hydrogen) atoms. The van der Waals surface area contributed by atoms with Gasteiger partial charge in [0.05, 0.1) is 23.0 Å². The first-order valence-corrected chi connectivity index (χ1v) is 9.99. The highest BCUT2D eigenvalue weighted by molar-refractivity contribution is 7.99. The number of thioether (sulfide) groups is 1. The van der Waals surface area contributed by atoms with E-state index in [1.807, 2.05) is 0 Å². The number of aromatic nitrogens is 2. The first-order chi connectivity index (χ1) is 13.0. The molecule has 1 aromatic heterocycles. The summed E-state index contributed by atoms with van der Waals surface area (Å²) in [6, 6.07) is 6.38. The molecule has 4 rings (SSSR count). The Labute approximate surface area is 160 Å².